The quantitative estimate of drug-likeness (QED) is 0.911. The Morgan fingerprint density at radius 2 is 2.10 bits per heavy atom. The molecule has 0 aliphatic heterocycles. The van der Waals surface area contributed by atoms with Crippen LogP contribution in [0.1, 0.15) is 26.7 Å². The molecule has 2 aromatic rings. The number of rotatable bonds is 4. The van der Waals surface area contributed by atoms with Crippen molar-refractivity contribution in [2.24, 2.45) is 11.1 Å². The van der Waals surface area contributed by atoms with E-state index in [-0.39, 0.29) is 11.5 Å². The van der Waals surface area contributed by atoms with Crippen LogP contribution in [0.4, 0.5) is 0 Å². The lowest BCUT2D eigenvalue weighted by Gasteiger charge is -2.25. The number of hydrogen-bond acceptors (Lipinski definition) is 5. The molecule has 6 heteroatoms. The fourth-order valence-electron chi connectivity index (χ4n) is 1.75. The van der Waals surface area contributed by atoms with Gasteiger partial charge < -0.3 is 15.0 Å². The molecule has 114 valence electrons. The fourth-order valence-corrected chi connectivity index (χ4v) is 2.30. The first-order valence-electron chi connectivity index (χ1n) is 6.73. The molecule has 1 aromatic heterocycles. The Hall–Kier alpha value is -1.40. The third kappa shape index (κ3) is 3.83. The molecule has 5 nitrogen and oxygen atoms in total. The number of methoxy groups -OCH3 is 1. The molecule has 2 N–H and O–H groups in total. The summed E-state index contributed by atoms with van der Waals surface area (Å²) in [4.78, 5) is 4.41. The summed E-state index contributed by atoms with van der Waals surface area (Å²) in [6.45, 7) is 6.28. The molecule has 21 heavy (non-hydrogen) atoms. The summed E-state index contributed by atoms with van der Waals surface area (Å²) in [7, 11) is 1.63. The van der Waals surface area contributed by atoms with Crippen molar-refractivity contribution in [3.8, 4) is 17.1 Å². The maximum absolute atomic E-state index is 6.14. The van der Waals surface area contributed by atoms with E-state index in [1.807, 2.05) is 18.2 Å². The fraction of sp³-hybridized carbons (Fsp3) is 0.467. The van der Waals surface area contributed by atoms with E-state index in [0.29, 0.717) is 18.1 Å². The molecule has 0 saturated carbocycles. The predicted octanol–water partition coefficient (Wildman–Crippen LogP) is 3.42. The van der Waals surface area contributed by atoms with Crippen LogP contribution < -0.4 is 10.5 Å². The monoisotopic (exact) mass is 353 g/mol. The van der Waals surface area contributed by atoms with Crippen molar-refractivity contribution in [2.75, 3.05) is 7.11 Å². The van der Waals surface area contributed by atoms with Gasteiger partial charge in [0.15, 0.2) is 0 Å². The van der Waals surface area contributed by atoms with E-state index in [1.165, 1.54) is 0 Å². The van der Waals surface area contributed by atoms with Crippen molar-refractivity contribution in [3.05, 3.63) is 28.6 Å². The molecule has 0 saturated heterocycles. The molecule has 0 amide bonds. The molecule has 0 radical (unpaired) electrons. The normalized spacial score (nSPS) is 13.2. The van der Waals surface area contributed by atoms with Gasteiger partial charge in [0.2, 0.25) is 11.7 Å². The van der Waals surface area contributed by atoms with Crippen molar-refractivity contribution in [2.45, 2.75) is 33.2 Å². The van der Waals surface area contributed by atoms with Crippen LogP contribution >= 0.6 is 15.9 Å². The topological polar surface area (TPSA) is 74.2 Å². The largest absolute Gasteiger partial charge is 0.496 e. The summed E-state index contributed by atoms with van der Waals surface area (Å²) in [5.41, 5.74) is 7.00. The number of benzene rings is 1. The Morgan fingerprint density at radius 3 is 2.67 bits per heavy atom. The maximum Gasteiger partial charge on any atom is 0.228 e. The Bertz CT molecular complexity index is 620. The summed E-state index contributed by atoms with van der Waals surface area (Å²) < 4.78 is 11.3. The highest BCUT2D eigenvalue weighted by Crippen LogP contribution is 2.29. The van der Waals surface area contributed by atoms with Gasteiger partial charge in [-0.15, -0.1) is 0 Å². The zero-order chi connectivity index (χ0) is 15.6. The number of nitrogens with zero attached hydrogens (tertiary/aromatic N) is 2. The van der Waals surface area contributed by atoms with Crippen molar-refractivity contribution in [1.82, 2.24) is 10.1 Å². The highest BCUT2D eigenvalue weighted by molar-refractivity contribution is 9.10. The Morgan fingerprint density at radius 1 is 1.38 bits per heavy atom. The number of ether oxygens (including phenoxy) is 1. The van der Waals surface area contributed by atoms with Crippen molar-refractivity contribution < 1.29 is 9.26 Å². The SMILES string of the molecule is COc1ccc(-c2noc(CC(N)C(C)(C)C)n2)cc1Br. The van der Waals surface area contributed by atoms with Gasteiger partial charge in [-0.05, 0) is 39.5 Å². The molecule has 0 aliphatic carbocycles. The van der Waals surface area contributed by atoms with Gasteiger partial charge in [0.05, 0.1) is 11.6 Å². The molecule has 1 heterocycles. The molecule has 1 unspecified atom stereocenters. The second-order valence-electron chi connectivity index (χ2n) is 6.04. The lowest BCUT2D eigenvalue weighted by atomic mass is 9.85. The highest BCUT2D eigenvalue weighted by atomic mass is 79.9. The number of halogens is 1. The van der Waals surface area contributed by atoms with Gasteiger partial charge in [0.25, 0.3) is 0 Å². The van der Waals surface area contributed by atoms with Gasteiger partial charge >= 0.3 is 0 Å². The molecule has 0 aliphatic rings. The summed E-state index contributed by atoms with van der Waals surface area (Å²) in [6.07, 6.45) is 0.563. The average Bonchev–Trinajstić information content (AvgIpc) is 2.86. The minimum Gasteiger partial charge on any atom is -0.496 e. The molecule has 2 rings (SSSR count). The van der Waals surface area contributed by atoms with E-state index in [2.05, 4.69) is 46.8 Å². The first-order chi connectivity index (χ1) is 9.81. The lowest BCUT2D eigenvalue weighted by molar-refractivity contribution is 0.286. The molecule has 0 bridgehead atoms. The molecule has 1 atom stereocenters. The van der Waals surface area contributed by atoms with Crippen LogP contribution in [-0.4, -0.2) is 23.3 Å². The smallest absolute Gasteiger partial charge is 0.228 e. The standard InChI is InChI=1S/C15H20BrN3O2/c1-15(2,3)12(17)8-13-18-14(19-21-13)9-5-6-11(20-4)10(16)7-9/h5-7,12H,8,17H2,1-4H3. The first kappa shape index (κ1) is 16.0. The zero-order valence-corrected chi connectivity index (χ0v) is 14.3. The first-order valence-corrected chi connectivity index (χ1v) is 7.52. The van der Waals surface area contributed by atoms with Crippen molar-refractivity contribution >= 4 is 15.9 Å². The molecule has 0 fully saturated rings. The van der Waals surface area contributed by atoms with E-state index in [4.69, 9.17) is 15.0 Å². The Labute approximate surface area is 133 Å². The number of aromatic nitrogens is 2. The van der Waals surface area contributed by atoms with Crippen molar-refractivity contribution in [1.29, 1.82) is 0 Å². The predicted molar refractivity (Wildman–Crippen MR) is 85.1 cm³/mol. The lowest BCUT2D eigenvalue weighted by Crippen LogP contribution is -2.36. The molecule has 1 aromatic carbocycles. The molecule has 0 spiro atoms. The minimum atomic E-state index is -0.0339. The van der Waals surface area contributed by atoms with Crippen LogP contribution in [0.5, 0.6) is 5.75 Å². The molecular formula is C15H20BrN3O2. The molecular weight excluding hydrogens is 334 g/mol. The second-order valence-corrected chi connectivity index (χ2v) is 6.89. The van der Waals surface area contributed by atoms with Crippen LogP contribution in [0.2, 0.25) is 0 Å². The van der Waals surface area contributed by atoms with Gasteiger partial charge in [-0.25, -0.2) is 0 Å². The highest BCUT2D eigenvalue weighted by Gasteiger charge is 2.23. The van der Waals surface area contributed by atoms with E-state index < -0.39 is 0 Å². The van der Waals surface area contributed by atoms with Crippen LogP contribution in [0, 0.1) is 5.41 Å². The van der Waals surface area contributed by atoms with Crippen LogP contribution in [0.15, 0.2) is 27.2 Å². The maximum atomic E-state index is 6.14. The number of nitrogens with two attached hydrogens (primary N) is 1. The van der Waals surface area contributed by atoms with E-state index >= 15 is 0 Å². The van der Waals surface area contributed by atoms with Crippen molar-refractivity contribution in [3.63, 3.8) is 0 Å². The third-order valence-electron chi connectivity index (χ3n) is 3.38. The van der Waals surface area contributed by atoms with E-state index in [9.17, 15) is 0 Å². The summed E-state index contributed by atoms with van der Waals surface area (Å²) >= 11 is 3.45. The van der Waals surface area contributed by atoms with Crippen LogP contribution in [-0.2, 0) is 6.42 Å². The summed E-state index contributed by atoms with van der Waals surface area (Å²) in [5.74, 6) is 1.87. The Kier molecular flexibility index (Phi) is 4.68. The van der Waals surface area contributed by atoms with Gasteiger partial charge in [-0.2, -0.15) is 4.98 Å². The van der Waals surface area contributed by atoms with Gasteiger partial charge in [0, 0.05) is 18.0 Å². The Balaban J connectivity index is 2.18. The summed E-state index contributed by atoms with van der Waals surface area (Å²) in [6, 6.07) is 5.61. The van der Waals surface area contributed by atoms with E-state index in [0.717, 1.165) is 15.8 Å². The van der Waals surface area contributed by atoms with Gasteiger partial charge in [-0.1, -0.05) is 25.9 Å². The summed E-state index contributed by atoms with van der Waals surface area (Å²) in [5, 5.41) is 4.01. The second kappa shape index (κ2) is 6.15. The van der Waals surface area contributed by atoms with Crippen LogP contribution in [0.25, 0.3) is 11.4 Å². The third-order valence-corrected chi connectivity index (χ3v) is 4.00. The van der Waals surface area contributed by atoms with Gasteiger partial charge in [-0.3, -0.25) is 0 Å². The minimum absolute atomic E-state index is 0.00221. The van der Waals surface area contributed by atoms with Crippen LogP contribution in [0.3, 0.4) is 0 Å². The average molecular weight is 354 g/mol. The number of hydrogen-bond donors (Lipinski definition) is 1. The zero-order valence-electron chi connectivity index (χ0n) is 12.7. The van der Waals surface area contributed by atoms with E-state index in [1.54, 1.807) is 7.11 Å². The van der Waals surface area contributed by atoms with Gasteiger partial charge in [0.1, 0.15) is 5.75 Å².